The van der Waals surface area contributed by atoms with Gasteiger partial charge in [0.25, 0.3) is 0 Å². The number of ether oxygens (including phenoxy) is 1. The molecule has 106 valence electrons. The van der Waals surface area contributed by atoms with Crippen molar-refractivity contribution < 1.29 is 14.3 Å². The van der Waals surface area contributed by atoms with Gasteiger partial charge in [0, 0.05) is 5.92 Å². The van der Waals surface area contributed by atoms with E-state index in [2.05, 4.69) is 5.32 Å². The lowest BCUT2D eigenvalue weighted by atomic mass is 9.98. The largest absolute Gasteiger partial charge is 0.458 e. The molecule has 0 rings (SSSR count). The molecule has 0 spiro atoms. The molecule has 0 bridgehead atoms. The molecule has 4 nitrogen and oxygen atoms in total. The van der Waals surface area contributed by atoms with Crippen LogP contribution in [-0.2, 0) is 14.3 Å². The Morgan fingerprint density at radius 1 is 1.17 bits per heavy atom. The lowest BCUT2D eigenvalue weighted by Crippen LogP contribution is -2.48. The van der Waals surface area contributed by atoms with Gasteiger partial charge < -0.3 is 10.1 Å². The molecule has 0 aromatic rings. The molecule has 0 heterocycles. The van der Waals surface area contributed by atoms with E-state index in [9.17, 15) is 9.59 Å². The predicted molar refractivity (Wildman–Crippen MR) is 72.1 cm³/mol. The molecular formula is C14H27NO3. The Hall–Kier alpha value is -1.06. The summed E-state index contributed by atoms with van der Waals surface area (Å²) >= 11 is 0. The van der Waals surface area contributed by atoms with Gasteiger partial charge in [-0.2, -0.15) is 0 Å². The van der Waals surface area contributed by atoms with Gasteiger partial charge in [-0.3, -0.25) is 4.79 Å². The minimum absolute atomic E-state index is 0.0579. The lowest BCUT2D eigenvalue weighted by molar-refractivity contribution is -0.160. The summed E-state index contributed by atoms with van der Waals surface area (Å²) in [6.07, 6.45) is 0.808. The van der Waals surface area contributed by atoms with Crippen LogP contribution >= 0.6 is 0 Å². The van der Waals surface area contributed by atoms with Crippen LogP contribution in [0.1, 0.15) is 54.9 Å². The van der Waals surface area contributed by atoms with Crippen molar-refractivity contribution in [2.75, 3.05) is 0 Å². The Morgan fingerprint density at radius 2 is 1.67 bits per heavy atom. The van der Waals surface area contributed by atoms with Gasteiger partial charge in [0.05, 0.1) is 0 Å². The molecule has 0 saturated carbocycles. The second-order valence-corrected chi connectivity index (χ2v) is 6.06. The highest BCUT2D eigenvalue weighted by atomic mass is 16.6. The quantitative estimate of drug-likeness (QED) is 0.770. The highest BCUT2D eigenvalue weighted by Gasteiger charge is 2.30. The van der Waals surface area contributed by atoms with Crippen molar-refractivity contribution in [2.45, 2.75) is 66.5 Å². The van der Waals surface area contributed by atoms with Crippen molar-refractivity contribution in [3.05, 3.63) is 0 Å². The van der Waals surface area contributed by atoms with Crippen molar-refractivity contribution >= 4 is 11.9 Å². The zero-order valence-corrected chi connectivity index (χ0v) is 12.7. The van der Waals surface area contributed by atoms with E-state index >= 15 is 0 Å². The molecule has 0 aromatic carbocycles. The number of amides is 1. The summed E-state index contributed by atoms with van der Waals surface area (Å²) < 4.78 is 5.35. The number of carbonyl (C=O) groups excluding carboxylic acids is 2. The average molecular weight is 257 g/mol. The van der Waals surface area contributed by atoms with Crippen molar-refractivity contribution in [1.82, 2.24) is 5.32 Å². The van der Waals surface area contributed by atoms with Crippen LogP contribution in [0.5, 0.6) is 0 Å². The molecule has 1 N–H and O–H groups in total. The van der Waals surface area contributed by atoms with E-state index in [1.165, 1.54) is 0 Å². The monoisotopic (exact) mass is 257 g/mol. The maximum Gasteiger partial charge on any atom is 0.329 e. The van der Waals surface area contributed by atoms with Gasteiger partial charge >= 0.3 is 5.97 Å². The van der Waals surface area contributed by atoms with Crippen LogP contribution in [0.3, 0.4) is 0 Å². The molecule has 0 aliphatic carbocycles. The number of hydrogen-bond acceptors (Lipinski definition) is 3. The van der Waals surface area contributed by atoms with Crippen LogP contribution in [0.4, 0.5) is 0 Å². The molecule has 18 heavy (non-hydrogen) atoms. The summed E-state index contributed by atoms with van der Waals surface area (Å²) in [5, 5.41) is 2.78. The summed E-state index contributed by atoms with van der Waals surface area (Å²) in [5.41, 5.74) is -0.536. The summed E-state index contributed by atoms with van der Waals surface area (Å²) in [4.78, 5) is 23.8. The van der Waals surface area contributed by atoms with Crippen molar-refractivity contribution in [3.63, 3.8) is 0 Å². The number of rotatable bonds is 5. The second kappa shape index (κ2) is 6.76. The summed E-state index contributed by atoms with van der Waals surface area (Å²) in [6.45, 7) is 13.0. The molecule has 0 aliphatic heterocycles. The number of esters is 1. The average Bonchev–Trinajstić information content (AvgIpc) is 2.21. The van der Waals surface area contributed by atoms with Crippen LogP contribution in [0.15, 0.2) is 0 Å². The third kappa shape index (κ3) is 6.03. The first-order valence-electron chi connectivity index (χ1n) is 6.61. The second-order valence-electron chi connectivity index (χ2n) is 6.06. The molecule has 0 unspecified atom stereocenters. The van der Waals surface area contributed by atoms with Gasteiger partial charge in [0.1, 0.15) is 11.6 Å². The first-order valence-corrected chi connectivity index (χ1v) is 6.61. The van der Waals surface area contributed by atoms with E-state index in [4.69, 9.17) is 4.74 Å². The molecule has 0 aliphatic rings. The van der Waals surface area contributed by atoms with Gasteiger partial charge in [-0.05, 0) is 26.7 Å². The molecular weight excluding hydrogens is 230 g/mol. The van der Waals surface area contributed by atoms with Crippen molar-refractivity contribution in [2.24, 2.45) is 11.8 Å². The first-order chi connectivity index (χ1) is 8.08. The Balaban J connectivity index is 4.79. The van der Waals surface area contributed by atoms with Gasteiger partial charge in [-0.25, -0.2) is 4.79 Å². The van der Waals surface area contributed by atoms with Crippen LogP contribution < -0.4 is 5.32 Å². The fourth-order valence-corrected chi connectivity index (χ4v) is 1.35. The first kappa shape index (κ1) is 16.9. The van der Waals surface area contributed by atoms with E-state index in [1.54, 1.807) is 13.8 Å². The SMILES string of the molecule is CC[C@H](C)[C@H](NC(=O)C(C)C)C(=O)OC(C)(C)C. The zero-order valence-electron chi connectivity index (χ0n) is 12.7. The Bertz CT molecular complexity index is 292. The van der Waals surface area contributed by atoms with E-state index in [-0.39, 0.29) is 23.7 Å². The Morgan fingerprint density at radius 3 is 2.00 bits per heavy atom. The molecule has 0 saturated heterocycles. The lowest BCUT2D eigenvalue weighted by Gasteiger charge is -2.28. The summed E-state index contributed by atoms with van der Waals surface area (Å²) in [6, 6.07) is -0.566. The fourth-order valence-electron chi connectivity index (χ4n) is 1.35. The van der Waals surface area contributed by atoms with Crippen LogP contribution in [0.25, 0.3) is 0 Å². The maximum absolute atomic E-state index is 12.1. The number of carbonyl (C=O) groups is 2. The minimum Gasteiger partial charge on any atom is -0.458 e. The molecule has 0 fully saturated rings. The van der Waals surface area contributed by atoms with Crippen LogP contribution in [0.2, 0.25) is 0 Å². The van der Waals surface area contributed by atoms with Crippen LogP contribution in [-0.4, -0.2) is 23.5 Å². The molecule has 0 aromatic heterocycles. The van der Waals surface area contributed by atoms with E-state index in [1.807, 2.05) is 34.6 Å². The third-order valence-corrected chi connectivity index (χ3v) is 2.70. The van der Waals surface area contributed by atoms with E-state index in [0.717, 1.165) is 6.42 Å². The van der Waals surface area contributed by atoms with E-state index < -0.39 is 11.6 Å². The van der Waals surface area contributed by atoms with Gasteiger partial charge in [0.2, 0.25) is 5.91 Å². The maximum atomic E-state index is 12.1. The number of nitrogens with one attached hydrogen (secondary N) is 1. The zero-order chi connectivity index (χ0) is 14.5. The molecule has 2 atom stereocenters. The minimum atomic E-state index is -0.566. The standard InChI is InChI=1S/C14H27NO3/c1-8-10(4)11(15-12(16)9(2)3)13(17)18-14(5,6)7/h9-11H,8H2,1-7H3,(H,15,16)/t10-,11-/m0/s1. The summed E-state index contributed by atoms with van der Waals surface area (Å²) in [5.74, 6) is -0.557. The van der Waals surface area contributed by atoms with E-state index in [0.29, 0.717) is 0 Å². The predicted octanol–water partition coefficient (Wildman–Crippen LogP) is 2.52. The fraction of sp³-hybridized carbons (Fsp3) is 0.857. The smallest absolute Gasteiger partial charge is 0.329 e. The topological polar surface area (TPSA) is 55.4 Å². The molecule has 0 radical (unpaired) electrons. The summed E-state index contributed by atoms with van der Waals surface area (Å²) in [7, 11) is 0. The third-order valence-electron chi connectivity index (χ3n) is 2.70. The molecule has 1 amide bonds. The van der Waals surface area contributed by atoms with Crippen molar-refractivity contribution in [1.29, 1.82) is 0 Å². The Kier molecular flexibility index (Phi) is 6.36. The highest BCUT2D eigenvalue weighted by Crippen LogP contribution is 2.15. The normalized spacial score (nSPS) is 15.1. The van der Waals surface area contributed by atoms with Crippen molar-refractivity contribution in [3.8, 4) is 0 Å². The van der Waals surface area contributed by atoms with Gasteiger partial charge in [-0.15, -0.1) is 0 Å². The number of hydrogen-bond donors (Lipinski definition) is 1. The van der Waals surface area contributed by atoms with Gasteiger partial charge in [0.15, 0.2) is 0 Å². The Labute approximate surface area is 110 Å². The van der Waals surface area contributed by atoms with Crippen LogP contribution in [0, 0.1) is 11.8 Å². The molecule has 4 heteroatoms. The van der Waals surface area contributed by atoms with Gasteiger partial charge in [-0.1, -0.05) is 34.1 Å². The highest BCUT2D eigenvalue weighted by molar-refractivity contribution is 5.85.